The normalized spacial score (nSPS) is 17.6. The molecule has 1 aromatic heterocycles. The van der Waals surface area contributed by atoms with E-state index in [1.165, 1.54) is 17.7 Å². The third-order valence-corrected chi connectivity index (χ3v) is 5.36. The van der Waals surface area contributed by atoms with Crippen molar-refractivity contribution in [1.29, 1.82) is 0 Å². The smallest absolute Gasteiger partial charge is 0.191 e. The topological polar surface area (TPSA) is 57.5 Å². The predicted octanol–water partition coefficient (Wildman–Crippen LogP) is 3.23. The van der Waals surface area contributed by atoms with Crippen molar-refractivity contribution >= 4 is 23.2 Å². The molecule has 1 unspecified atom stereocenters. The zero-order valence-corrected chi connectivity index (χ0v) is 17.6. The lowest BCUT2D eigenvalue weighted by molar-refractivity contribution is 0.468. The van der Waals surface area contributed by atoms with Crippen molar-refractivity contribution in [2.75, 3.05) is 31.1 Å². The zero-order valence-electron chi connectivity index (χ0n) is 16.9. The Morgan fingerprint density at radius 3 is 2.96 bits per heavy atom. The summed E-state index contributed by atoms with van der Waals surface area (Å²) in [5.41, 5.74) is 2.38. The average molecular weight is 403 g/mol. The largest absolute Gasteiger partial charge is 0.367 e. The van der Waals surface area contributed by atoms with Gasteiger partial charge in [-0.3, -0.25) is 9.67 Å². The van der Waals surface area contributed by atoms with Gasteiger partial charge in [-0.25, -0.2) is 0 Å². The van der Waals surface area contributed by atoms with Crippen LogP contribution in [-0.4, -0.2) is 48.0 Å². The van der Waals surface area contributed by atoms with E-state index in [2.05, 4.69) is 39.8 Å². The van der Waals surface area contributed by atoms with Crippen LogP contribution in [0.1, 0.15) is 31.7 Å². The lowest BCUT2D eigenvalue weighted by Gasteiger charge is -2.34. The fourth-order valence-electron chi connectivity index (χ4n) is 3.58. The SMILES string of the molecule is CCNC(=NCCCc1ccccc1Cl)NC1CCCN(c2cnn(C)c2)C1. The van der Waals surface area contributed by atoms with Crippen LogP contribution in [0.15, 0.2) is 41.7 Å². The number of hydrogen-bond acceptors (Lipinski definition) is 3. The minimum atomic E-state index is 0.385. The van der Waals surface area contributed by atoms with E-state index in [1.807, 2.05) is 36.1 Å². The van der Waals surface area contributed by atoms with Gasteiger partial charge >= 0.3 is 0 Å². The molecule has 1 saturated heterocycles. The molecule has 28 heavy (non-hydrogen) atoms. The Morgan fingerprint density at radius 1 is 1.36 bits per heavy atom. The molecule has 1 fully saturated rings. The number of anilines is 1. The van der Waals surface area contributed by atoms with Crippen LogP contribution in [0.25, 0.3) is 0 Å². The molecule has 2 heterocycles. The van der Waals surface area contributed by atoms with Crippen molar-refractivity contribution in [3.05, 3.63) is 47.2 Å². The summed E-state index contributed by atoms with van der Waals surface area (Å²) >= 11 is 6.24. The maximum Gasteiger partial charge on any atom is 0.191 e. The van der Waals surface area contributed by atoms with E-state index in [1.54, 1.807) is 0 Å². The van der Waals surface area contributed by atoms with E-state index < -0.39 is 0 Å². The molecule has 0 saturated carbocycles. The van der Waals surface area contributed by atoms with E-state index in [0.29, 0.717) is 6.04 Å². The minimum absolute atomic E-state index is 0.385. The number of aliphatic imine (C=N–C) groups is 1. The first-order valence-electron chi connectivity index (χ1n) is 10.2. The van der Waals surface area contributed by atoms with Gasteiger partial charge in [0, 0.05) is 50.5 Å². The first-order valence-corrected chi connectivity index (χ1v) is 10.6. The number of halogens is 1. The van der Waals surface area contributed by atoms with E-state index >= 15 is 0 Å². The van der Waals surface area contributed by atoms with Crippen molar-refractivity contribution in [3.63, 3.8) is 0 Å². The maximum absolute atomic E-state index is 6.24. The molecule has 1 aromatic carbocycles. The van der Waals surface area contributed by atoms with Crippen molar-refractivity contribution in [3.8, 4) is 0 Å². The molecule has 0 spiro atoms. The van der Waals surface area contributed by atoms with Crippen molar-refractivity contribution in [2.45, 2.75) is 38.6 Å². The van der Waals surface area contributed by atoms with Crippen molar-refractivity contribution in [2.24, 2.45) is 12.0 Å². The number of hydrogen-bond donors (Lipinski definition) is 2. The molecule has 7 heteroatoms. The molecule has 152 valence electrons. The van der Waals surface area contributed by atoms with Gasteiger partial charge in [-0.15, -0.1) is 0 Å². The molecule has 1 aliphatic rings. The average Bonchev–Trinajstić information content (AvgIpc) is 3.13. The Labute approximate surface area is 173 Å². The lowest BCUT2D eigenvalue weighted by atomic mass is 10.1. The molecular weight excluding hydrogens is 372 g/mol. The van der Waals surface area contributed by atoms with Crippen LogP contribution in [0.3, 0.4) is 0 Å². The standard InChI is InChI=1S/C21H31ClN6/c1-3-23-21(24-12-6-9-17-8-4-5-11-20(17)22)26-18-10-7-13-28(15-18)19-14-25-27(2)16-19/h4-5,8,11,14,16,18H,3,6-7,9-10,12-13,15H2,1-2H3,(H2,23,24,26). The number of guanidine groups is 1. The highest BCUT2D eigenvalue weighted by Crippen LogP contribution is 2.19. The van der Waals surface area contributed by atoms with E-state index in [9.17, 15) is 0 Å². The van der Waals surface area contributed by atoms with Gasteiger partial charge in [-0.05, 0) is 44.2 Å². The van der Waals surface area contributed by atoms with Gasteiger partial charge in [-0.2, -0.15) is 5.10 Å². The Balaban J connectivity index is 1.51. The van der Waals surface area contributed by atoms with Crippen LogP contribution in [0, 0.1) is 0 Å². The van der Waals surface area contributed by atoms with Gasteiger partial charge < -0.3 is 15.5 Å². The first-order chi connectivity index (χ1) is 13.7. The molecule has 2 aromatic rings. The number of aryl methyl sites for hydroxylation is 2. The Hall–Kier alpha value is -2.21. The van der Waals surface area contributed by atoms with Crippen LogP contribution in [0.4, 0.5) is 5.69 Å². The predicted molar refractivity (Wildman–Crippen MR) is 117 cm³/mol. The summed E-state index contributed by atoms with van der Waals surface area (Å²) in [4.78, 5) is 7.17. The maximum atomic E-state index is 6.24. The van der Waals surface area contributed by atoms with Gasteiger partial charge in [0.15, 0.2) is 5.96 Å². The molecule has 0 aliphatic carbocycles. The van der Waals surface area contributed by atoms with Gasteiger partial charge in [-0.1, -0.05) is 29.8 Å². The molecule has 1 atom stereocenters. The summed E-state index contributed by atoms with van der Waals surface area (Å²) in [5, 5.41) is 12.1. The number of piperidine rings is 1. The van der Waals surface area contributed by atoms with Gasteiger partial charge in [0.2, 0.25) is 0 Å². The molecule has 1 aliphatic heterocycles. The number of nitrogens with one attached hydrogen (secondary N) is 2. The van der Waals surface area contributed by atoms with E-state index in [4.69, 9.17) is 16.6 Å². The van der Waals surface area contributed by atoms with Crippen molar-refractivity contribution in [1.82, 2.24) is 20.4 Å². The summed E-state index contributed by atoms with van der Waals surface area (Å²) in [6, 6.07) is 8.42. The molecular formula is C21H31ClN6. The summed E-state index contributed by atoms with van der Waals surface area (Å²) in [6.45, 7) is 5.78. The van der Waals surface area contributed by atoms with Gasteiger partial charge in [0.25, 0.3) is 0 Å². The van der Waals surface area contributed by atoms with Crippen LogP contribution in [0.2, 0.25) is 5.02 Å². The van der Waals surface area contributed by atoms with Crippen LogP contribution >= 0.6 is 11.6 Å². The number of rotatable bonds is 7. The molecule has 3 rings (SSSR count). The van der Waals surface area contributed by atoms with E-state index in [-0.39, 0.29) is 0 Å². The lowest BCUT2D eigenvalue weighted by Crippen LogP contribution is -2.51. The van der Waals surface area contributed by atoms with Crippen LogP contribution in [0.5, 0.6) is 0 Å². The third kappa shape index (κ3) is 5.89. The summed E-state index contributed by atoms with van der Waals surface area (Å²) in [5.74, 6) is 0.902. The number of nitrogens with zero attached hydrogens (tertiary/aromatic N) is 4. The monoisotopic (exact) mass is 402 g/mol. The Bertz CT molecular complexity index is 772. The second-order valence-electron chi connectivity index (χ2n) is 7.26. The second-order valence-corrected chi connectivity index (χ2v) is 7.66. The molecule has 0 bridgehead atoms. The van der Waals surface area contributed by atoms with Crippen LogP contribution in [-0.2, 0) is 13.5 Å². The number of benzene rings is 1. The van der Waals surface area contributed by atoms with Crippen molar-refractivity contribution < 1.29 is 0 Å². The molecule has 0 radical (unpaired) electrons. The highest BCUT2D eigenvalue weighted by Gasteiger charge is 2.21. The summed E-state index contributed by atoms with van der Waals surface area (Å²) in [7, 11) is 1.96. The minimum Gasteiger partial charge on any atom is -0.367 e. The Kier molecular flexibility index (Phi) is 7.60. The fourth-order valence-corrected chi connectivity index (χ4v) is 3.81. The Morgan fingerprint density at radius 2 is 2.21 bits per heavy atom. The van der Waals surface area contributed by atoms with E-state index in [0.717, 1.165) is 56.4 Å². The highest BCUT2D eigenvalue weighted by atomic mass is 35.5. The number of aromatic nitrogens is 2. The third-order valence-electron chi connectivity index (χ3n) is 4.99. The fraction of sp³-hybridized carbons (Fsp3) is 0.524. The molecule has 6 nitrogen and oxygen atoms in total. The molecule has 2 N–H and O–H groups in total. The zero-order chi connectivity index (χ0) is 19.8. The summed E-state index contributed by atoms with van der Waals surface area (Å²) in [6.07, 6.45) is 8.26. The quantitative estimate of drug-likeness (QED) is 0.424. The first kappa shape index (κ1) is 20.5. The summed E-state index contributed by atoms with van der Waals surface area (Å²) < 4.78 is 1.86. The second kappa shape index (κ2) is 10.4. The molecule has 0 amide bonds. The highest BCUT2D eigenvalue weighted by molar-refractivity contribution is 6.31. The van der Waals surface area contributed by atoms with Crippen LogP contribution < -0.4 is 15.5 Å². The van der Waals surface area contributed by atoms with Gasteiger partial charge in [0.05, 0.1) is 11.9 Å². The van der Waals surface area contributed by atoms with Gasteiger partial charge in [0.1, 0.15) is 0 Å².